The van der Waals surface area contributed by atoms with Gasteiger partial charge in [-0.3, -0.25) is 19.8 Å². The van der Waals surface area contributed by atoms with Crippen molar-refractivity contribution in [3.63, 3.8) is 0 Å². The summed E-state index contributed by atoms with van der Waals surface area (Å²) in [5, 5.41) is 26.8. The highest BCUT2D eigenvalue weighted by atomic mass is 16.3. The van der Waals surface area contributed by atoms with Crippen LogP contribution in [0.4, 0.5) is 0 Å². The molecule has 0 fully saturated rings. The second-order valence-electron chi connectivity index (χ2n) is 6.21. The summed E-state index contributed by atoms with van der Waals surface area (Å²) >= 11 is 0. The third-order valence-corrected chi connectivity index (χ3v) is 4.63. The van der Waals surface area contributed by atoms with Gasteiger partial charge in [0.05, 0.1) is 24.0 Å². The molecule has 26 heavy (non-hydrogen) atoms. The number of nitrogens with one attached hydrogen (secondary N) is 3. The van der Waals surface area contributed by atoms with Gasteiger partial charge in [-0.2, -0.15) is 10.2 Å². The molecule has 3 heterocycles. The molecule has 0 atom stereocenters. The summed E-state index contributed by atoms with van der Waals surface area (Å²) in [5.41, 5.74) is 3.99. The Balaban J connectivity index is 1.46. The molecule has 0 unspecified atom stereocenters. The zero-order valence-corrected chi connectivity index (χ0v) is 14.0. The minimum atomic E-state index is -0.504. The molecule has 3 aromatic rings. The summed E-state index contributed by atoms with van der Waals surface area (Å²) in [4.78, 5) is 25.7. The third kappa shape index (κ3) is 2.93. The van der Waals surface area contributed by atoms with Gasteiger partial charge in [-0.1, -0.05) is 0 Å². The monoisotopic (exact) mass is 354 g/mol. The summed E-state index contributed by atoms with van der Waals surface area (Å²) in [6, 6.07) is 5.32. The standard InChI is InChI=1S/C17H18N6O3/c24-9-16(25)23-4-3-14-12(8-23)15(22-21-14)7-18-17(26)10-1-2-13-11(5-10)6-19-20-13/h1-2,5-6,24H,3-4,7-9H2,(H,18,26)(H,19,20)(H,21,22). The first-order chi connectivity index (χ1) is 12.7. The molecule has 0 saturated heterocycles. The van der Waals surface area contributed by atoms with Crippen molar-refractivity contribution in [2.24, 2.45) is 0 Å². The van der Waals surface area contributed by atoms with Crippen LogP contribution < -0.4 is 5.32 Å². The van der Waals surface area contributed by atoms with Gasteiger partial charge in [-0.25, -0.2) is 0 Å². The fourth-order valence-corrected chi connectivity index (χ4v) is 3.16. The summed E-state index contributed by atoms with van der Waals surface area (Å²) in [7, 11) is 0. The topological polar surface area (TPSA) is 127 Å². The van der Waals surface area contributed by atoms with Crippen LogP contribution in [0.2, 0.25) is 0 Å². The number of aliphatic hydroxyl groups is 1. The van der Waals surface area contributed by atoms with E-state index in [-0.39, 0.29) is 18.4 Å². The Morgan fingerprint density at radius 2 is 2.19 bits per heavy atom. The number of amides is 2. The summed E-state index contributed by atoms with van der Waals surface area (Å²) < 4.78 is 0. The van der Waals surface area contributed by atoms with Crippen molar-refractivity contribution >= 4 is 22.7 Å². The highest BCUT2D eigenvalue weighted by Crippen LogP contribution is 2.20. The first-order valence-corrected chi connectivity index (χ1v) is 8.30. The van der Waals surface area contributed by atoms with E-state index in [9.17, 15) is 9.59 Å². The summed E-state index contributed by atoms with van der Waals surface area (Å²) in [6.45, 7) is 0.688. The summed E-state index contributed by atoms with van der Waals surface area (Å²) in [6.07, 6.45) is 2.32. The molecule has 9 nitrogen and oxygen atoms in total. The number of carbonyl (C=O) groups excluding carboxylic acids is 2. The van der Waals surface area contributed by atoms with Crippen molar-refractivity contribution in [3.05, 3.63) is 46.9 Å². The van der Waals surface area contributed by atoms with Crippen molar-refractivity contribution in [1.29, 1.82) is 0 Å². The lowest BCUT2D eigenvalue weighted by molar-refractivity contribution is -0.135. The molecular weight excluding hydrogens is 336 g/mol. The van der Waals surface area contributed by atoms with E-state index in [1.165, 1.54) is 0 Å². The fraction of sp³-hybridized carbons (Fsp3) is 0.294. The largest absolute Gasteiger partial charge is 0.387 e. The van der Waals surface area contributed by atoms with Gasteiger partial charge in [0.25, 0.3) is 5.91 Å². The number of aromatic amines is 2. The predicted molar refractivity (Wildman–Crippen MR) is 92.1 cm³/mol. The number of hydrogen-bond donors (Lipinski definition) is 4. The van der Waals surface area contributed by atoms with Gasteiger partial charge < -0.3 is 15.3 Å². The Morgan fingerprint density at radius 3 is 3.04 bits per heavy atom. The first-order valence-electron chi connectivity index (χ1n) is 8.30. The Bertz CT molecular complexity index is 976. The zero-order valence-electron chi connectivity index (χ0n) is 14.0. The maximum atomic E-state index is 12.4. The van der Waals surface area contributed by atoms with Gasteiger partial charge in [0.15, 0.2) is 0 Å². The number of H-pyrrole nitrogens is 2. The molecule has 1 aliphatic rings. The Labute approximate surface area is 148 Å². The molecule has 4 N–H and O–H groups in total. The minimum absolute atomic E-state index is 0.205. The van der Waals surface area contributed by atoms with Crippen LogP contribution in [0.5, 0.6) is 0 Å². The van der Waals surface area contributed by atoms with Gasteiger partial charge >= 0.3 is 0 Å². The number of rotatable bonds is 4. The van der Waals surface area contributed by atoms with Crippen molar-refractivity contribution in [2.75, 3.05) is 13.2 Å². The number of fused-ring (bicyclic) bond motifs is 2. The van der Waals surface area contributed by atoms with Gasteiger partial charge in [0.1, 0.15) is 6.61 Å². The van der Waals surface area contributed by atoms with Crippen LogP contribution >= 0.6 is 0 Å². The Morgan fingerprint density at radius 1 is 1.31 bits per heavy atom. The minimum Gasteiger partial charge on any atom is -0.387 e. The average molecular weight is 354 g/mol. The molecule has 1 aromatic carbocycles. The third-order valence-electron chi connectivity index (χ3n) is 4.63. The van der Waals surface area contributed by atoms with Gasteiger partial charge in [-0.05, 0) is 18.2 Å². The number of benzene rings is 1. The smallest absolute Gasteiger partial charge is 0.251 e. The molecule has 2 aromatic heterocycles. The van der Waals surface area contributed by atoms with E-state index < -0.39 is 6.61 Å². The van der Waals surface area contributed by atoms with Crippen LogP contribution in [0.15, 0.2) is 24.4 Å². The molecule has 0 bridgehead atoms. The van der Waals surface area contributed by atoms with E-state index in [4.69, 9.17) is 5.11 Å². The van der Waals surface area contributed by atoms with Crippen molar-refractivity contribution < 1.29 is 14.7 Å². The average Bonchev–Trinajstić information content (AvgIpc) is 3.30. The van der Waals surface area contributed by atoms with E-state index in [0.29, 0.717) is 30.8 Å². The lowest BCUT2D eigenvalue weighted by Crippen LogP contribution is -2.38. The molecule has 134 valence electrons. The van der Waals surface area contributed by atoms with Gasteiger partial charge in [-0.15, -0.1) is 0 Å². The highest BCUT2D eigenvalue weighted by Gasteiger charge is 2.24. The molecule has 9 heteroatoms. The van der Waals surface area contributed by atoms with Crippen molar-refractivity contribution in [2.45, 2.75) is 19.5 Å². The zero-order chi connectivity index (χ0) is 18.1. The SMILES string of the molecule is O=C(NCc1n[nH]c2c1CN(C(=O)CO)CC2)c1ccc2[nH]ncc2c1. The van der Waals surface area contributed by atoms with E-state index >= 15 is 0 Å². The molecule has 0 spiro atoms. The van der Waals surface area contributed by atoms with Crippen molar-refractivity contribution in [1.82, 2.24) is 30.6 Å². The van der Waals surface area contributed by atoms with Crippen LogP contribution in [0, 0.1) is 0 Å². The normalized spacial score (nSPS) is 13.7. The maximum Gasteiger partial charge on any atom is 0.251 e. The number of aliphatic hydroxyl groups excluding tert-OH is 1. The number of aromatic nitrogens is 4. The quantitative estimate of drug-likeness (QED) is 0.528. The molecule has 4 rings (SSSR count). The number of carbonyl (C=O) groups is 2. The molecular formula is C17H18N6O3. The molecule has 0 saturated carbocycles. The van der Waals surface area contributed by atoms with Crippen LogP contribution in [-0.4, -0.2) is 55.4 Å². The molecule has 0 aliphatic carbocycles. The molecule has 0 radical (unpaired) electrons. The first kappa shape index (κ1) is 16.3. The highest BCUT2D eigenvalue weighted by molar-refractivity contribution is 5.97. The van der Waals surface area contributed by atoms with E-state index in [2.05, 4.69) is 25.7 Å². The van der Waals surface area contributed by atoms with Crippen LogP contribution in [-0.2, 0) is 24.3 Å². The number of hydrogen-bond acceptors (Lipinski definition) is 5. The van der Waals surface area contributed by atoms with Crippen LogP contribution in [0.1, 0.15) is 27.3 Å². The van der Waals surface area contributed by atoms with Crippen LogP contribution in [0.3, 0.4) is 0 Å². The number of nitrogens with zero attached hydrogens (tertiary/aromatic N) is 3. The predicted octanol–water partition coefficient (Wildman–Crippen LogP) is 0.0930. The Hall–Kier alpha value is -3.20. The lowest BCUT2D eigenvalue weighted by atomic mass is 10.0. The van der Waals surface area contributed by atoms with Crippen LogP contribution in [0.25, 0.3) is 10.9 Å². The van der Waals surface area contributed by atoms with Gasteiger partial charge in [0.2, 0.25) is 5.91 Å². The van der Waals surface area contributed by atoms with E-state index in [1.807, 2.05) is 6.07 Å². The second-order valence-corrected chi connectivity index (χ2v) is 6.21. The maximum absolute atomic E-state index is 12.4. The van der Waals surface area contributed by atoms with Gasteiger partial charge in [0, 0.05) is 41.7 Å². The van der Waals surface area contributed by atoms with E-state index in [0.717, 1.165) is 22.2 Å². The Kier molecular flexibility index (Phi) is 4.13. The van der Waals surface area contributed by atoms with Crippen molar-refractivity contribution in [3.8, 4) is 0 Å². The molecule has 2 amide bonds. The summed E-state index contributed by atoms with van der Waals surface area (Å²) in [5.74, 6) is -0.510. The lowest BCUT2D eigenvalue weighted by Gasteiger charge is -2.26. The second kappa shape index (κ2) is 6.60. The molecule has 1 aliphatic heterocycles. The fourth-order valence-electron chi connectivity index (χ4n) is 3.16. The van der Waals surface area contributed by atoms with E-state index in [1.54, 1.807) is 23.2 Å².